The largest absolute Gasteiger partial charge is 0.458 e. The number of oxime groups is 1. The number of fused-ring (bicyclic) bond motifs is 4. The number of hydrogen-bond acceptors (Lipinski definition) is 6. The van der Waals surface area contributed by atoms with E-state index in [1.165, 1.54) is 6.08 Å². The van der Waals surface area contributed by atoms with Crippen LogP contribution in [0.25, 0.3) is 0 Å². The Bertz CT molecular complexity index is 1040. The molecular formula is C22H21Cl2NO5. The molecule has 2 fully saturated rings. The molecule has 1 N–H and O–H groups in total. The molecule has 1 spiro atoms. The van der Waals surface area contributed by atoms with E-state index in [4.69, 9.17) is 32.8 Å². The van der Waals surface area contributed by atoms with Gasteiger partial charge >= 0.3 is 5.97 Å². The Morgan fingerprint density at radius 3 is 2.73 bits per heavy atom. The van der Waals surface area contributed by atoms with E-state index in [-0.39, 0.29) is 18.1 Å². The molecule has 5 rings (SSSR count). The van der Waals surface area contributed by atoms with Crippen LogP contribution in [0.2, 0.25) is 10.0 Å². The van der Waals surface area contributed by atoms with Gasteiger partial charge in [0.25, 0.3) is 0 Å². The van der Waals surface area contributed by atoms with Crippen LogP contribution in [0.1, 0.15) is 38.7 Å². The van der Waals surface area contributed by atoms with Crippen LogP contribution in [0.5, 0.6) is 0 Å². The maximum absolute atomic E-state index is 13.1. The summed E-state index contributed by atoms with van der Waals surface area (Å²) in [4.78, 5) is 31.8. The Balaban J connectivity index is 1.54. The summed E-state index contributed by atoms with van der Waals surface area (Å²) in [7, 11) is 0. The zero-order chi connectivity index (χ0) is 21.5. The van der Waals surface area contributed by atoms with Crippen molar-refractivity contribution < 1.29 is 24.3 Å². The lowest BCUT2D eigenvalue weighted by molar-refractivity contribution is -0.169. The first-order chi connectivity index (χ1) is 14.1. The number of ether oxygens (including phenoxy) is 1. The Labute approximate surface area is 183 Å². The van der Waals surface area contributed by atoms with Crippen LogP contribution in [0.3, 0.4) is 0 Å². The predicted molar refractivity (Wildman–Crippen MR) is 110 cm³/mol. The quantitative estimate of drug-likeness (QED) is 0.660. The molecule has 0 aromatic heterocycles. The number of esters is 1. The molecule has 0 amide bonds. The van der Waals surface area contributed by atoms with Gasteiger partial charge in [0.2, 0.25) is 5.60 Å². The van der Waals surface area contributed by atoms with E-state index < -0.39 is 34.6 Å². The monoisotopic (exact) mass is 449 g/mol. The minimum Gasteiger partial charge on any atom is -0.458 e. The molecule has 0 bridgehead atoms. The van der Waals surface area contributed by atoms with Crippen molar-refractivity contribution in [1.29, 1.82) is 0 Å². The average molecular weight is 450 g/mol. The summed E-state index contributed by atoms with van der Waals surface area (Å²) in [5, 5.41) is 16.5. The molecule has 30 heavy (non-hydrogen) atoms. The van der Waals surface area contributed by atoms with Gasteiger partial charge in [-0.15, -0.1) is 0 Å². The summed E-state index contributed by atoms with van der Waals surface area (Å²) in [6, 6.07) is 5.05. The third-order valence-corrected chi connectivity index (χ3v) is 8.15. The predicted octanol–water partition coefficient (Wildman–Crippen LogP) is 3.70. The lowest BCUT2D eigenvalue weighted by Gasteiger charge is -2.43. The van der Waals surface area contributed by atoms with E-state index in [1.807, 2.05) is 6.92 Å². The second kappa shape index (κ2) is 6.31. The fraction of sp³-hybridized carbons (Fsp3) is 0.500. The molecular weight excluding hydrogens is 429 g/mol. The summed E-state index contributed by atoms with van der Waals surface area (Å²) < 4.78 is 5.81. The van der Waals surface area contributed by atoms with Crippen molar-refractivity contribution in [2.45, 2.75) is 50.4 Å². The summed E-state index contributed by atoms with van der Waals surface area (Å²) in [5.41, 5.74) is -2.81. The van der Waals surface area contributed by atoms with Gasteiger partial charge < -0.3 is 14.7 Å². The van der Waals surface area contributed by atoms with Crippen LogP contribution >= 0.6 is 23.2 Å². The molecule has 3 unspecified atom stereocenters. The number of halogens is 2. The molecule has 8 heteroatoms. The average Bonchev–Trinajstić information content (AvgIpc) is 3.31. The third-order valence-electron chi connectivity index (χ3n) is 7.60. The molecule has 6 atom stereocenters. The molecule has 0 radical (unpaired) electrons. The van der Waals surface area contributed by atoms with Gasteiger partial charge in [0.15, 0.2) is 5.78 Å². The van der Waals surface area contributed by atoms with Crippen LogP contribution < -0.4 is 0 Å². The van der Waals surface area contributed by atoms with Crippen LogP contribution in [0, 0.1) is 17.3 Å². The van der Waals surface area contributed by atoms with E-state index in [0.29, 0.717) is 34.2 Å². The van der Waals surface area contributed by atoms with Crippen LogP contribution in [-0.4, -0.2) is 39.9 Å². The molecule has 4 aliphatic rings. The molecule has 1 saturated carbocycles. The molecule has 1 aromatic carbocycles. The van der Waals surface area contributed by atoms with Gasteiger partial charge in [0.05, 0.1) is 16.7 Å². The van der Waals surface area contributed by atoms with Crippen molar-refractivity contribution in [3.8, 4) is 0 Å². The number of benzene rings is 1. The van der Waals surface area contributed by atoms with Gasteiger partial charge in [-0.25, -0.2) is 4.79 Å². The normalized spacial score (nSPS) is 41.9. The number of aliphatic hydroxyl groups is 1. The van der Waals surface area contributed by atoms with E-state index in [0.717, 1.165) is 0 Å². The van der Waals surface area contributed by atoms with Gasteiger partial charge in [0, 0.05) is 17.0 Å². The van der Waals surface area contributed by atoms with E-state index in [9.17, 15) is 14.7 Å². The molecule has 158 valence electrons. The highest BCUT2D eigenvalue weighted by atomic mass is 35.5. The zero-order valence-electron chi connectivity index (χ0n) is 16.5. The van der Waals surface area contributed by atoms with Crippen molar-refractivity contribution in [2.24, 2.45) is 22.4 Å². The van der Waals surface area contributed by atoms with Crippen LogP contribution in [-0.2, 0) is 19.2 Å². The molecule has 2 aliphatic carbocycles. The van der Waals surface area contributed by atoms with E-state index in [2.05, 4.69) is 5.16 Å². The van der Waals surface area contributed by atoms with Crippen molar-refractivity contribution in [3.63, 3.8) is 0 Å². The molecule has 2 heterocycles. The number of allylic oxidation sites excluding steroid dienone is 1. The number of carbonyl (C=O) groups excluding carboxylic acids is 2. The summed E-state index contributed by atoms with van der Waals surface area (Å²) >= 11 is 12.3. The van der Waals surface area contributed by atoms with Gasteiger partial charge in [-0.3, -0.25) is 4.79 Å². The fourth-order valence-corrected chi connectivity index (χ4v) is 6.18. The minimum atomic E-state index is -1.38. The van der Waals surface area contributed by atoms with Crippen molar-refractivity contribution in [1.82, 2.24) is 0 Å². The summed E-state index contributed by atoms with van der Waals surface area (Å²) in [5.74, 6) is -1.40. The minimum absolute atomic E-state index is 0.179. The number of rotatable bonds is 1. The van der Waals surface area contributed by atoms with E-state index >= 15 is 0 Å². The fourth-order valence-electron chi connectivity index (χ4n) is 5.66. The van der Waals surface area contributed by atoms with E-state index in [1.54, 1.807) is 31.2 Å². The number of carbonyl (C=O) groups is 2. The topological polar surface area (TPSA) is 85.2 Å². The van der Waals surface area contributed by atoms with Crippen molar-refractivity contribution in [2.75, 3.05) is 0 Å². The highest BCUT2D eigenvalue weighted by Gasteiger charge is 2.73. The molecule has 1 saturated heterocycles. The second-order valence-electron chi connectivity index (χ2n) is 8.96. The summed E-state index contributed by atoms with van der Waals surface area (Å²) in [6.07, 6.45) is 3.52. The molecule has 1 aromatic rings. The Morgan fingerprint density at radius 1 is 1.23 bits per heavy atom. The zero-order valence-corrected chi connectivity index (χ0v) is 18.0. The molecule has 2 aliphatic heterocycles. The lowest BCUT2D eigenvalue weighted by Crippen LogP contribution is -2.57. The highest BCUT2D eigenvalue weighted by molar-refractivity contribution is 6.37. The summed E-state index contributed by atoms with van der Waals surface area (Å²) in [6.45, 7) is 3.61. The van der Waals surface area contributed by atoms with Crippen LogP contribution in [0.15, 0.2) is 35.5 Å². The Morgan fingerprint density at radius 2 is 2.00 bits per heavy atom. The Hall–Kier alpha value is -1.89. The van der Waals surface area contributed by atoms with Crippen molar-refractivity contribution in [3.05, 3.63) is 46.0 Å². The van der Waals surface area contributed by atoms with Gasteiger partial charge in [-0.05, 0) is 50.0 Å². The number of hydrogen-bond donors (Lipinski definition) is 1. The smallest absolute Gasteiger partial charge is 0.354 e. The van der Waals surface area contributed by atoms with Gasteiger partial charge in [0.1, 0.15) is 17.1 Å². The lowest BCUT2D eigenvalue weighted by atomic mass is 9.63. The maximum atomic E-state index is 13.1. The number of ketones is 1. The molecule has 6 nitrogen and oxygen atoms in total. The van der Waals surface area contributed by atoms with Gasteiger partial charge in [-0.1, -0.05) is 41.3 Å². The van der Waals surface area contributed by atoms with Gasteiger partial charge in [-0.2, -0.15) is 0 Å². The second-order valence-corrected chi connectivity index (χ2v) is 9.80. The first kappa shape index (κ1) is 20.0. The number of nitrogens with zero attached hydrogens (tertiary/aromatic N) is 1. The first-order valence-electron chi connectivity index (χ1n) is 10.0. The first-order valence-corrected chi connectivity index (χ1v) is 10.8. The standard InChI is InChI=1S/C22H21Cl2NO5/c1-11-3-6-14-18(20(2)17(26)7-8-22(11,20)28)29-19(27)21(14)10-16(25-30-21)13-5-4-12(23)9-15(13)24/h4-5,7-9,11,14,18,28H,3,6,10H2,1-2H3/t11-,14?,18?,20-,21?,22+/m0/s1. The highest BCUT2D eigenvalue weighted by Crippen LogP contribution is 2.59. The van der Waals surface area contributed by atoms with Crippen molar-refractivity contribution >= 4 is 40.7 Å². The maximum Gasteiger partial charge on any atom is 0.354 e. The van der Waals surface area contributed by atoms with Crippen LogP contribution in [0.4, 0.5) is 0 Å². The third kappa shape index (κ3) is 2.33. The Kier molecular flexibility index (Phi) is 4.22. The SMILES string of the molecule is C[C@H]1CCC2C(OC(=O)C23CC(c2ccc(Cl)cc2Cl)=NO3)[C@]2(C)C(=O)C=C[C@@]12O.